The Kier molecular flexibility index (Phi) is 2.95. The lowest BCUT2D eigenvalue weighted by Gasteiger charge is -2.09. The monoisotopic (exact) mass is 267 g/mol. The van der Waals surface area contributed by atoms with Crippen molar-refractivity contribution in [2.45, 2.75) is 13.5 Å². The number of nitrogens with one attached hydrogen (secondary N) is 1. The number of benzene rings is 2. The van der Waals surface area contributed by atoms with Crippen LogP contribution in [0.5, 0.6) is 0 Å². The normalized spacial score (nSPS) is 10.8. The minimum Gasteiger partial charge on any atom is -0.271 e. The van der Waals surface area contributed by atoms with E-state index in [9.17, 15) is 9.59 Å². The van der Waals surface area contributed by atoms with E-state index in [1.807, 2.05) is 30.3 Å². The van der Waals surface area contributed by atoms with Gasteiger partial charge in [0.1, 0.15) is 6.20 Å². The third kappa shape index (κ3) is 2.14. The van der Waals surface area contributed by atoms with Crippen LogP contribution in [0.1, 0.15) is 11.1 Å². The summed E-state index contributed by atoms with van der Waals surface area (Å²) in [5.74, 6) is 0. The summed E-state index contributed by atoms with van der Waals surface area (Å²) in [5.41, 5.74) is 1.20. The Morgan fingerprint density at radius 2 is 1.85 bits per heavy atom. The molecule has 0 aliphatic carbocycles. The Morgan fingerprint density at radius 3 is 2.60 bits per heavy atom. The Labute approximate surface area is 114 Å². The molecule has 0 spiro atoms. The maximum absolute atomic E-state index is 11.7. The predicted molar refractivity (Wildman–Crippen MR) is 76.9 cm³/mol. The van der Waals surface area contributed by atoms with Gasteiger partial charge in [0.05, 0.1) is 6.54 Å². The molecule has 2 aromatic carbocycles. The molecule has 0 unspecified atom stereocenters. The SMILES string of the molecule is Cc1ccc(Cn2ncc(=O)[nH]c2=O)c2ccccc12. The van der Waals surface area contributed by atoms with Crippen molar-refractivity contribution >= 4 is 10.8 Å². The summed E-state index contributed by atoms with van der Waals surface area (Å²) < 4.78 is 1.25. The average molecular weight is 267 g/mol. The minimum absolute atomic E-state index is 0.330. The van der Waals surface area contributed by atoms with Crippen LogP contribution in [-0.2, 0) is 6.54 Å². The van der Waals surface area contributed by atoms with E-state index in [4.69, 9.17) is 0 Å². The summed E-state index contributed by atoms with van der Waals surface area (Å²) in [6, 6.07) is 12.0. The predicted octanol–water partition coefficient (Wildman–Crippen LogP) is 1.44. The van der Waals surface area contributed by atoms with Crippen molar-refractivity contribution in [3.8, 4) is 0 Å². The molecule has 3 rings (SSSR count). The molecule has 3 aromatic rings. The largest absolute Gasteiger partial charge is 0.345 e. The summed E-state index contributed by atoms with van der Waals surface area (Å²) in [6.07, 6.45) is 1.11. The van der Waals surface area contributed by atoms with Gasteiger partial charge in [0, 0.05) is 0 Å². The van der Waals surface area contributed by atoms with E-state index in [2.05, 4.69) is 23.1 Å². The van der Waals surface area contributed by atoms with Crippen LogP contribution in [-0.4, -0.2) is 14.8 Å². The molecule has 0 fully saturated rings. The summed E-state index contributed by atoms with van der Waals surface area (Å²) >= 11 is 0. The van der Waals surface area contributed by atoms with Gasteiger partial charge < -0.3 is 0 Å². The molecule has 0 saturated carbocycles. The molecule has 0 radical (unpaired) electrons. The molecule has 1 heterocycles. The highest BCUT2D eigenvalue weighted by molar-refractivity contribution is 5.88. The number of aromatic amines is 1. The first-order valence-electron chi connectivity index (χ1n) is 6.29. The molecule has 0 aliphatic heterocycles. The van der Waals surface area contributed by atoms with Gasteiger partial charge >= 0.3 is 5.69 Å². The second kappa shape index (κ2) is 4.77. The number of aryl methyl sites for hydroxylation is 1. The molecule has 100 valence electrons. The van der Waals surface area contributed by atoms with Gasteiger partial charge in [-0.25, -0.2) is 9.48 Å². The first-order chi connectivity index (χ1) is 9.65. The van der Waals surface area contributed by atoms with Crippen LogP contribution < -0.4 is 11.2 Å². The van der Waals surface area contributed by atoms with Crippen molar-refractivity contribution in [1.82, 2.24) is 14.8 Å². The lowest BCUT2D eigenvalue weighted by atomic mass is 10.0. The first-order valence-corrected chi connectivity index (χ1v) is 6.29. The standard InChI is InChI=1S/C15H13N3O2/c1-10-6-7-11(13-5-3-2-4-12(10)13)9-18-15(20)17-14(19)8-16-18/h2-8H,9H2,1H3,(H,17,19,20). The smallest absolute Gasteiger partial charge is 0.271 e. The van der Waals surface area contributed by atoms with Crippen LogP contribution in [0.3, 0.4) is 0 Å². The van der Waals surface area contributed by atoms with Crippen LogP contribution in [0.2, 0.25) is 0 Å². The number of rotatable bonds is 2. The summed E-state index contributed by atoms with van der Waals surface area (Å²) in [4.78, 5) is 24.9. The van der Waals surface area contributed by atoms with E-state index < -0.39 is 11.2 Å². The highest BCUT2D eigenvalue weighted by atomic mass is 16.2. The molecule has 0 atom stereocenters. The van der Waals surface area contributed by atoms with E-state index >= 15 is 0 Å². The molecule has 0 bridgehead atoms. The number of aromatic nitrogens is 3. The van der Waals surface area contributed by atoms with E-state index in [0.717, 1.165) is 22.5 Å². The van der Waals surface area contributed by atoms with Crippen molar-refractivity contribution in [1.29, 1.82) is 0 Å². The van der Waals surface area contributed by atoms with Gasteiger partial charge in [-0.3, -0.25) is 9.78 Å². The molecule has 20 heavy (non-hydrogen) atoms. The van der Waals surface area contributed by atoms with Crippen molar-refractivity contribution in [2.75, 3.05) is 0 Å². The topological polar surface area (TPSA) is 67.8 Å². The zero-order valence-corrected chi connectivity index (χ0v) is 11.0. The summed E-state index contributed by atoms with van der Waals surface area (Å²) in [5, 5.41) is 6.11. The molecule has 1 aromatic heterocycles. The van der Waals surface area contributed by atoms with Gasteiger partial charge in [-0.2, -0.15) is 5.10 Å². The maximum atomic E-state index is 11.7. The second-order valence-electron chi connectivity index (χ2n) is 4.68. The first kappa shape index (κ1) is 12.3. The fourth-order valence-corrected chi connectivity index (χ4v) is 2.30. The number of hydrogen-bond donors (Lipinski definition) is 1. The van der Waals surface area contributed by atoms with Crippen LogP contribution in [0.25, 0.3) is 10.8 Å². The van der Waals surface area contributed by atoms with E-state index in [-0.39, 0.29) is 0 Å². The van der Waals surface area contributed by atoms with Crippen molar-refractivity contribution in [3.05, 3.63) is 74.6 Å². The zero-order chi connectivity index (χ0) is 14.1. The maximum Gasteiger partial charge on any atom is 0.345 e. The van der Waals surface area contributed by atoms with Crippen molar-refractivity contribution in [3.63, 3.8) is 0 Å². The van der Waals surface area contributed by atoms with Gasteiger partial charge in [-0.1, -0.05) is 36.4 Å². The van der Waals surface area contributed by atoms with Crippen molar-refractivity contribution in [2.24, 2.45) is 0 Å². The van der Waals surface area contributed by atoms with Crippen molar-refractivity contribution < 1.29 is 0 Å². The fourth-order valence-electron chi connectivity index (χ4n) is 2.30. The lowest BCUT2D eigenvalue weighted by Crippen LogP contribution is -2.31. The van der Waals surface area contributed by atoms with E-state index in [0.29, 0.717) is 6.54 Å². The molecule has 5 nitrogen and oxygen atoms in total. The highest BCUT2D eigenvalue weighted by Gasteiger charge is 2.05. The van der Waals surface area contributed by atoms with Crippen LogP contribution in [0.4, 0.5) is 0 Å². The second-order valence-corrected chi connectivity index (χ2v) is 4.68. The van der Waals surface area contributed by atoms with E-state index in [1.165, 1.54) is 10.2 Å². The lowest BCUT2D eigenvalue weighted by molar-refractivity contribution is 0.609. The quantitative estimate of drug-likeness (QED) is 0.764. The van der Waals surface area contributed by atoms with Gasteiger partial charge in [0.15, 0.2) is 0 Å². The number of nitrogens with zero attached hydrogens (tertiary/aromatic N) is 2. The minimum atomic E-state index is -0.498. The molecule has 5 heteroatoms. The fraction of sp³-hybridized carbons (Fsp3) is 0.133. The van der Waals surface area contributed by atoms with Gasteiger partial charge in [-0.15, -0.1) is 0 Å². The Hall–Kier alpha value is -2.69. The third-order valence-electron chi connectivity index (χ3n) is 3.33. The van der Waals surface area contributed by atoms with Gasteiger partial charge in [0.2, 0.25) is 0 Å². The van der Waals surface area contributed by atoms with Crippen LogP contribution in [0, 0.1) is 6.92 Å². The molecular weight excluding hydrogens is 254 g/mol. The van der Waals surface area contributed by atoms with Gasteiger partial charge in [0.25, 0.3) is 5.56 Å². The molecular formula is C15H13N3O2. The third-order valence-corrected chi connectivity index (χ3v) is 3.33. The molecule has 0 aliphatic rings. The van der Waals surface area contributed by atoms with Crippen LogP contribution in [0.15, 0.2) is 52.2 Å². The molecule has 1 N–H and O–H groups in total. The number of hydrogen-bond acceptors (Lipinski definition) is 3. The Morgan fingerprint density at radius 1 is 1.10 bits per heavy atom. The summed E-state index contributed by atoms with van der Waals surface area (Å²) in [6.45, 7) is 2.38. The van der Waals surface area contributed by atoms with Crippen LogP contribution >= 0.6 is 0 Å². The molecule has 0 amide bonds. The molecule has 0 saturated heterocycles. The Balaban J connectivity index is 2.14. The zero-order valence-electron chi connectivity index (χ0n) is 11.0. The Bertz CT molecular complexity index is 893. The average Bonchev–Trinajstić information content (AvgIpc) is 2.45. The van der Waals surface area contributed by atoms with E-state index in [1.54, 1.807) is 0 Å². The number of fused-ring (bicyclic) bond motifs is 1. The summed E-state index contributed by atoms with van der Waals surface area (Å²) in [7, 11) is 0. The highest BCUT2D eigenvalue weighted by Crippen LogP contribution is 2.22. The number of H-pyrrole nitrogens is 1. The van der Waals surface area contributed by atoms with Gasteiger partial charge in [-0.05, 0) is 28.8 Å².